The Labute approximate surface area is 118 Å². The van der Waals surface area contributed by atoms with Crippen molar-refractivity contribution in [3.05, 3.63) is 45.9 Å². The molecule has 2 N–H and O–H groups in total. The Morgan fingerprint density at radius 1 is 1.26 bits per heavy atom. The van der Waals surface area contributed by atoms with Gasteiger partial charge < -0.3 is 15.2 Å². The van der Waals surface area contributed by atoms with Crippen molar-refractivity contribution in [3.63, 3.8) is 0 Å². The molecule has 2 aromatic heterocycles. The van der Waals surface area contributed by atoms with E-state index < -0.39 is 0 Å². The first-order valence-corrected chi connectivity index (χ1v) is 7.10. The summed E-state index contributed by atoms with van der Waals surface area (Å²) in [6.07, 6.45) is 2.04. The summed E-state index contributed by atoms with van der Waals surface area (Å²) in [6, 6.07) is 8.43. The van der Waals surface area contributed by atoms with Crippen LogP contribution in [0, 0.1) is 6.92 Å². The molecule has 102 valence electrons. The zero-order chi connectivity index (χ0) is 13.7. The van der Waals surface area contributed by atoms with E-state index in [0.29, 0.717) is 0 Å². The summed E-state index contributed by atoms with van der Waals surface area (Å²) in [7, 11) is 3.83. The fraction of sp³-hybridized carbons (Fsp3) is 0.357. The molecule has 0 bridgehead atoms. The van der Waals surface area contributed by atoms with Crippen molar-refractivity contribution in [2.45, 2.75) is 20.0 Å². The van der Waals surface area contributed by atoms with Gasteiger partial charge in [0.1, 0.15) is 0 Å². The van der Waals surface area contributed by atoms with E-state index in [1.54, 1.807) is 7.05 Å². The summed E-state index contributed by atoms with van der Waals surface area (Å²) >= 11 is 1.81. The maximum Gasteiger partial charge on any atom is 0.191 e. The van der Waals surface area contributed by atoms with Crippen LogP contribution in [0.1, 0.15) is 15.4 Å². The van der Waals surface area contributed by atoms with Gasteiger partial charge in [0.2, 0.25) is 0 Å². The number of nitrogens with zero attached hydrogens (tertiary/aromatic N) is 2. The molecule has 0 saturated heterocycles. The van der Waals surface area contributed by atoms with Crippen molar-refractivity contribution in [3.8, 4) is 0 Å². The highest BCUT2D eigenvalue weighted by molar-refractivity contribution is 7.11. The molecule has 2 aromatic rings. The summed E-state index contributed by atoms with van der Waals surface area (Å²) in [4.78, 5) is 6.88. The first-order valence-electron chi connectivity index (χ1n) is 6.29. The minimum absolute atomic E-state index is 0.770. The topological polar surface area (TPSA) is 41.4 Å². The van der Waals surface area contributed by atoms with Crippen molar-refractivity contribution in [1.29, 1.82) is 0 Å². The summed E-state index contributed by atoms with van der Waals surface area (Å²) in [5, 5.41) is 6.63. The predicted molar refractivity (Wildman–Crippen MR) is 81.5 cm³/mol. The summed E-state index contributed by atoms with van der Waals surface area (Å²) in [6.45, 7) is 3.70. The average molecular weight is 276 g/mol. The monoisotopic (exact) mass is 276 g/mol. The highest BCUT2D eigenvalue weighted by atomic mass is 32.1. The molecule has 0 unspecified atom stereocenters. The van der Waals surface area contributed by atoms with Crippen LogP contribution in [0.5, 0.6) is 0 Å². The van der Waals surface area contributed by atoms with Gasteiger partial charge in [-0.3, -0.25) is 4.99 Å². The van der Waals surface area contributed by atoms with Gasteiger partial charge in [-0.05, 0) is 31.2 Å². The van der Waals surface area contributed by atoms with Crippen molar-refractivity contribution in [2.24, 2.45) is 12.0 Å². The number of guanidine groups is 1. The van der Waals surface area contributed by atoms with Crippen LogP contribution in [0.25, 0.3) is 0 Å². The zero-order valence-electron chi connectivity index (χ0n) is 11.6. The third kappa shape index (κ3) is 3.86. The van der Waals surface area contributed by atoms with E-state index in [-0.39, 0.29) is 0 Å². The minimum Gasteiger partial charge on any atom is -0.353 e. The third-order valence-corrected chi connectivity index (χ3v) is 3.94. The maximum atomic E-state index is 4.23. The van der Waals surface area contributed by atoms with Crippen LogP contribution < -0.4 is 10.6 Å². The summed E-state index contributed by atoms with van der Waals surface area (Å²) in [5.74, 6) is 0.826. The SMILES string of the molecule is CN=C(NCc1ccc(C)s1)NCc1cccn1C. The van der Waals surface area contributed by atoms with Gasteiger partial charge in [-0.2, -0.15) is 0 Å². The highest BCUT2D eigenvalue weighted by Gasteiger charge is 2.02. The second kappa shape index (κ2) is 6.43. The molecule has 19 heavy (non-hydrogen) atoms. The zero-order valence-corrected chi connectivity index (χ0v) is 12.4. The first-order chi connectivity index (χ1) is 9.19. The molecule has 0 aliphatic rings. The maximum absolute atomic E-state index is 4.23. The Morgan fingerprint density at radius 2 is 2.05 bits per heavy atom. The third-order valence-electron chi connectivity index (χ3n) is 2.94. The lowest BCUT2D eigenvalue weighted by atomic mass is 10.4. The first kappa shape index (κ1) is 13.7. The number of nitrogens with one attached hydrogen (secondary N) is 2. The predicted octanol–water partition coefficient (Wildman–Crippen LogP) is 2.26. The highest BCUT2D eigenvalue weighted by Crippen LogP contribution is 2.14. The molecule has 5 heteroatoms. The molecule has 2 heterocycles. The van der Waals surface area contributed by atoms with Gasteiger partial charge in [-0.15, -0.1) is 11.3 Å². The van der Waals surface area contributed by atoms with Crippen LogP contribution in [0.4, 0.5) is 0 Å². The lowest BCUT2D eigenvalue weighted by molar-refractivity contribution is 0.752. The van der Waals surface area contributed by atoms with Gasteiger partial charge in [0.05, 0.1) is 13.1 Å². The van der Waals surface area contributed by atoms with Crippen LogP contribution in [-0.2, 0) is 20.1 Å². The van der Waals surface area contributed by atoms with Gasteiger partial charge in [0, 0.05) is 35.7 Å². The molecule has 0 saturated carbocycles. The lowest BCUT2D eigenvalue weighted by Crippen LogP contribution is -2.36. The Morgan fingerprint density at radius 3 is 2.63 bits per heavy atom. The van der Waals surface area contributed by atoms with Gasteiger partial charge in [0.25, 0.3) is 0 Å². The number of aliphatic imine (C=N–C) groups is 1. The molecular formula is C14H20N4S. The second-order valence-corrected chi connectivity index (χ2v) is 5.77. The smallest absolute Gasteiger partial charge is 0.191 e. The fourth-order valence-electron chi connectivity index (χ4n) is 1.83. The van der Waals surface area contributed by atoms with E-state index >= 15 is 0 Å². The summed E-state index contributed by atoms with van der Waals surface area (Å²) < 4.78 is 2.10. The van der Waals surface area contributed by atoms with Crippen molar-refractivity contribution < 1.29 is 0 Å². The van der Waals surface area contributed by atoms with Crippen molar-refractivity contribution in [1.82, 2.24) is 15.2 Å². The number of hydrogen-bond donors (Lipinski definition) is 2. The van der Waals surface area contributed by atoms with E-state index in [0.717, 1.165) is 19.0 Å². The summed E-state index contributed by atoms with van der Waals surface area (Å²) in [5.41, 5.74) is 1.23. The van der Waals surface area contributed by atoms with Crippen LogP contribution in [0.2, 0.25) is 0 Å². The molecule has 0 aliphatic carbocycles. The number of hydrogen-bond acceptors (Lipinski definition) is 2. The van der Waals surface area contributed by atoms with Crippen LogP contribution in [0.15, 0.2) is 35.5 Å². The van der Waals surface area contributed by atoms with E-state index in [1.165, 1.54) is 15.4 Å². The fourth-order valence-corrected chi connectivity index (χ4v) is 2.66. The molecule has 0 amide bonds. The molecule has 0 fully saturated rings. The number of thiophene rings is 1. The average Bonchev–Trinajstić information content (AvgIpc) is 2.99. The Hall–Kier alpha value is -1.75. The van der Waals surface area contributed by atoms with Crippen LogP contribution >= 0.6 is 11.3 Å². The quantitative estimate of drug-likeness (QED) is 0.664. The largest absolute Gasteiger partial charge is 0.353 e. The van der Waals surface area contributed by atoms with Crippen LogP contribution in [-0.4, -0.2) is 17.6 Å². The van der Waals surface area contributed by atoms with E-state index in [4.69, 9.17) is 0 Å². The van der Waals surface area contributed by atoms with E-state index in [1.807, 2.05) is 30.6 Å². The van der Waals surface area contributed by atoms with Crippen molar-refractivity contribution in [2.75, 3.05) is 7.05 Å². The molecule has 0 aromatic carbocycles. The van der Waals surface area contributed by atoms with Gasteiger partial charge >= 0.3 is 0 Å². The lowest BCUT2D eigenvalue weighted by Gasteiger charge is -2.11. The number of rotatable bonds is 4. The molecular weight excluding hydrogens is 256 g/mol. The van der Waals surface area contributed by atoms with Crippen LogP contribution in [0.3, 0.4) is 0 Å². The molecule has 0 spiro atoms. The Kier molecular flexibility index (Phi) is 4.63. The molecule has 0 radical (unpaired) electrons. The Balaban J connectivity index is 1.82. The van der Waals surface area contributed by atoms with Gasteiger partial charge in [0.15, 0.2) is 5.96 Å². The standard InChI is InChI=1S/C14H20N4S/c1-11-6-7-13(19-11)10-17-14(15-2)16-9-12-5-4-8-18(12)3/h4-8H,9-10H2,1-3H3,(H2,15,16,17). The molecule has 0 aliphatic heterocycles. The van der Waals surface area contributed by atoms with E-state index in [2.05, 4.69) is 45.3 Å². The second-order valence-electron chi connectivity index (χ2n) is 4.40. The van der Waals surface area contributed by atoms with Crippen molar-refractivity contribution >= 4 is 17.3 Å². The molecule has 0 atom stereocenters. The van der Waals surface area contributed by atoms with Gasteiger partial charge in [-0.1, -0.05) is 0 Å². The Bertz CT molecular complexity index is 553. The van der Waals surface area contributed by atoms with Gasteiger partial charge in [-0.25, -0.2) is 0 Å². The number of aryl methyl sites for hydroxylation is 2. The number of aromatic nitrogens is 1. The molecule has 2 rings (SSSR count). The van der Waals surface area contributed by atoms with E-state index in [9.17, 15) is 0 Å². The normalized spacial score (nSPS) is 11.6. The minimum atomic E-state index is 0.770. The molecule has 4 nitrogen and oxygen atoms in total.